The minimum Gasteiger partial charge on any atom is -0.466 e. The number of nitrogens with two attached hydrogens (primary N) is 1. The standard InChI is InChI=1S/C12H19NO2S/c1-3-15-12(14)8-9(2)7-10(13)11-5-4-6-16-11/h4-6,9-10H,3,7-8,13H2,1-2H3. The van der Waals surface area contributed by atoms with Crippen LogP contribution in [0.3, 0.4) is 0 Å². The average molecular weight is 241 g/mol. The van der Waals surface area contributed by atoms with Crippen LogP contribution in [-0.4, -0.2) is 12.6 Å². The summed E-state index contributed by atoms with van der Waals surface area (Å²) in [4.78, 5) is 12.4. The summed E-state index contributed by atoms with van der Waals surface area (Å²) < 4.78 is 4.91. The maximum atomic E-state index is 11.3. The molecule has 1 aromatic heterocycles. The van der Waals surface area contributed by atoms with E-state index in [2.05, 4.69) is 0 Å². The second-order valence-electron chi connectivity index (χ2n) is 3.97. The van der Waals surface area contributed by atoms with Crippen molar-refractivity contribution in [3.63, 3.8) is 0 Å². The Labute approximate surface area is 101 Å². The number of carbonyl (C=O) groups is 1. The minimum absolute atomic E-state index is 0.0319. The SMILES string of the molecule is CCOC(=O)CC(C)CC(N)c1cccs1. The molecule has 0 spiro atoms. The van der Waals surface area contributed by atoms with Crippen LogP contribution < -0.4 is 5.73 Å². The van der Waals surface area contributed by atoms with Crippen molar-refractivity contribution < 1.29 is 9.53 Å². The van der Waals surface area contributed by atoms with Crippen molar-refractivity contribution in [1.29, 1.82) is 0 Å². The van der Waals surface area contributed by atoms with E-state index < -0.39 is 0 Å². The summed E-state index contributed by atoms with van der Waals surface area (Å²) in [5.74, 6) is 0.129. The zero-order valence-electron chi connectivity index (χ0n) is 9.81. The average Bonchev–Trinajstić information content (AvgIpc) is 2.69. The molecule has 90 valence electrons. The Morgan fingerprint density at radius 3 is 2.94 bits per heavy atom. The van der Waals surface area contributed by atoms with Crippen LogP contribution in [0.15, 0.2) is 17.5 Å². The monoisotopic (exact) mass is 241 g/mol. The highest BCUT2D eigenvalue weighted by molar-refractivity contribution is 7.10. The number of rotatable bonds is 6. The summed E-state index contributed by atoms with van der Waals surface area (Å²) in [6, 6.07) is 4.06. The van der Waals surface area contributed by atoms with Crippen molar-refractivity contribution >= 4 is 17.3 Å². The predicted octanol–water partition coefficient (Wildman–Crippen LogP) is 2.73. The lowest BCUT2D eigenvalue weighted by atomic mass is 9.98. The highest BCUT2D eigenvalue weighted by atomic mass is 32.1. The van der Waals surface area contributed by atoms with E-state index in [1.54, 1.807) is 11.3 Å². The van der Waals surface area contributed by atoms with E-state index in [1.807, 2.05) is 31.4 Å². The molecule has 3 nitrogen and oxygen atoms in total. The molecule has 1 rings (SSSR count). The fourth-order valence-corrected chi connectivity index (χ4v) is 2.38. The summed E-state index contributed by atoms with van der Waals surface area (Å²) in [7, 11) is 0. The topological polar surface area (TPSA) is 52.3 Å². The van der Waals surface area contributed by atoms with Crippen molar-refractivity contribution in [3.05, 3.63) is 22.4 Å². The lowest BCUT2D eigenvalue weighted by Crippen LogP contribution is -2.16. The molecule has 0 aliphatic rings. The molecule has 0 bridgehead atoms. The van der Waals surface area contributed by atoms with Gasteiger partial charge in [-0.25, -0.2) is 0 Å². The predicted molar refractivity (Wildman–Crippen MR) is 66.3 cm³/mol. The first-order chi connectivity index (χ1) is 7.63. The number of esters is 1. The minimum atomic E-state index is -0.131. The first kappa shape index (κ1) is 13.2. The second-order valence-corrected chi connectivity index (χ2v) is 4.95. The molecule has 0 fully saturated rings. The molecule has 0 aliphatic carbocycles. The second kappa shape index (κ2) is 6.66. The highest BCUT2D eigenvalue weighted by Gasteiger charge is 2.15. The van der Waals surface area contributed by atoms with Gasteiger partial charge in [-0.1, -0.05) is 13.0 Å². The van der Waals surface area contributed by atoms with Crippen LogP contribution in [0.25, 0.3) is 0 Å². The van der Waals surface area contributed by atoms with E-state index in [0.717, 1.165) is 6.42 Å². The Balaban J connectivity index is 2.34. The van der Waals surface area contributed by atoms with Gasteiger partial charge >= 0.3 is 5.97 Å². The van der Waals surface area contributed by atoms with Crippen LogP contribution in [0.2, 0.25) is 0 Å². The Hall–Kier alpha value is -0.870. The smallest absolute Gasteiger partial charge is 0.306 e. The van der Waals surface area contributed by atoms with Gasteiger partial charge in [-0.3, -0.25) is 4.79 Å². The fourth-order valence-electron chi connectivity index (χ4n) is 1.64. The molecule has 4 heteroatoms. The molecular weight excluding hydrogens is 222 g/mol. The van der Waals surface area contributed by atoms with Gasteiger partial charge in [0, 0.05) is 17.3 Å². The summed E-state index contributed by atoms with van der Waals surface area (Å²) in [6.07, 6.45) is 1.27. The van der Waals surface area contributed by atoms with Gasteiger partial charge < -0.3 is 10.5 Å². The lowest BCUT2D eigenvalue weighted by Gasteiger charge is -2.15. The molecule has 2 atom stereocenters. The Bertz CT molecular complexity index is 311. The van der Waals surface area contributed by atoms with Gasteiger partial charge in [0.05, 0.1) is 6.61 Å². The largest absolute Gasteiger partial charge is 0.466 e. The number of thiophene rings is 1. The number of hydrogen-bond donors (Lipinski definition) is 1. The Morgan fingerprint density at radius 2 is 2.38 bits per heavy atom. The third-order valence-electron chi connectivity index (χ3n) is 2.39. The van der Waals surface area contributed by atoms with E-state index in [9.17, 15) is 4.79 Å². The zero-order valence-corrected chi connectivity index (χ0v) is 10.6. The van der Waals surface area contributed by atoms with Gasteiger partial charge in [-0.05, 0) is 30.7 Å². The molecule has 0 saturated heterocycles. The van der Waals surface area contributed by atoms with Crippen molar-refractivity contribution in [3.8, 4) is 0 Å². The normalized spacial score (nSPS) is 14.4. The third kappa shape index (κ3) is 4.33. The van der Waals surface area contributed by atoms with E-state index in [0.29, 0.717) is 13.0 Å². The molecule has 0 aliphatic heterocycles. The van der Waals surface area contributed by atoms with Gasteiger partial charge in [0.1, 0.15) is 0 Å². The van der Waals surface area contributed by atoms with Crippen LogP contribution >= 0.6 is 11.3 Å². The van der Waals surface area contributed by atoms with Gasteiger partial charge in [0.15, 0.2) is 0 Å². The van der Waals surface area contributed by atoms with Crippen molar-refractivity contribution in [2.75, 3.05) is 6.61 Å². The van der Waals surface area contributed by atoms with Crippen molar-refractivity contribution in [1.82, 2.24) is 0 Å². The molecule has 1 heterocycles. The van der Waals surface area contributed by atoms with Crippen molar-refractivity contribution in [2.24, 2.45) is 11.7 Å². The molecule has 2 unspecified atom stereocenters. The highest BCUT2D eigenvalue weighted by Crippen LogP contribution is 2.24. The lowest BCUT2D eigenvalue weighted by molar-refractivity contribution is -0.144. The molecule has 0 radical (unpaired) electrons. The molecule has 0 amide bonds. The van der Waals surface area contributed by atoms with Crippen LogP contribution in [0, 0.1) is 5.92 Å². The summed E-state index contributed by atoms with van der Waals surface area (Å²) in [6.45, 7) is 4.30. The van der Waals surface area contributed by atoms with Gasteiger partial charge in [0.2, 0.25) is 0 Å². The molecule has 0 saturated carbocycles. The molecule has 0 aromatic carbocycles. The summed E-state index contributed by atoms with van der Waals surface area (Å²) in [5.41, 5.74) is 6.05. The Kier molecular flexibility index (Phi) is 5.49. The summed E-state index contributed by atoms with van der Waals surface area (Å²) >= 11 is 1.66. The number of ether oxygens (including phenoxy) is 1. The maximum Gasteiger partial charge on any atom is 0.306 e. The molecule has 2 N–H and O–H groups in total. The maximum absolute atomic E-state index is 11.3. The summed E-state index contributed by atoms with van der Waals surface area (Å²) in [5, 5.41) is 2.02. The first-order valence-electron chi connectivity index (χ1n) is 5.58. The fraction of sp³-hybridized carbons (Fsp3) is 0.583. The van der Waals surface area contributed by atoms with Crippen molar-refractivity contribution in [2.45, 2.75) is 32.7 Å². The van der Waals surface area contributed by atoms with Crippen LogP contribution in [0.5, 0.6) is 0 Å². The third-order valence-corrected chi connectivity index (χ3v) is 3.39. The van der Waals surface area contributed by atoms with E-state index in [4.69, 9.17) is 10.5 Å². The van der Waals surface area contributed by atoms with E-state index in [1.165, 1.54) is 4.88 Å². The van der Waals surface area contributed by atoms with Gasteiger partial charge in [-0.15, -0.1) is 11.3 Å². The molecular formula is C12H19NO2S. The van der Waals surface area contributed by atoms with E-state index >= 15 is 0 Å². The quantitative estimate of drug-likeness (QED) is 0.779. The van der Waals surface area contributed by atoms with Crippen LogP contribution in [0.4, 0.5) is 0 Å². The van der Waals surface area contributed by atoms with E-state index in [-0.39, 0.29) is 17.9 Å². The number of carbonyl (C=O) groups excluding carboxylic acids is 1. The molecule has 1 aromatic rings. The Morgan fingerprint density at radius 1 is 1.62 bits per heavy atom. The zero-order chi connectivity index (χ0) is 12.0. The van der Waals surface area contributed by atoms with Crippen LogP contribution in [-0.2, 0) is 9.53 Å². The van der Waals surface area contributed by atoms with Crippen LogP contribution in [0.1, 0.15) is 37.6 Å². The van der Waals surface area contributed by atoms with Gasteiger partial charge in [0.25, 0.3) is 0 Å². The molecule has 16 heavy (non-hydrogen) atoms. The number of hydrogen-bond acceptors (Lipinski definition) is 4. The van der Waals surface area contributed by atoms with Gasteiger partial charge in [-0.2, -0.15) is 0 Å². The first-order valence-corrected chi connectivity index (χ1v) is 6.46.